The van der Waals surface area contributed by atoms with E-state index >= 15 is 0 Å². The second-order valence-electron chi connectivity index (χ2n) is 18.3. The molecule has 328 valence electrons. The Labute approximate surface area is 331 Å². The lowest BCUT2D eigenvalue weighted by Gasteiger charge is -2.66. The Morgan fingerprint density at radius 3 is 1.72 bits per heavy atom. The maximum absolute atomic E-state index is 14.1. The van der Waals surface area contributed by atoms with Gasteiger partial charge in [-0.1, -0.05) is 26.8 Å². The molecule has 3 aliphatic heterocycles. The third-order valence-corrected chi connectivity index (χ3v) is 14.8. The number of esters is 1. The summed E-state index contributed by atoms with van der Waals surface area (Å²) in [5, 5.41) is 114. The molecule has 18 nitrogen and oxygen atoms in total. The van der Waals surface area contributed by atoms with Crippen molar-refractivity contribution in [2.24, 2.45) is 28.1 Å². The van der Waals surface area contributed by atoms with E-state index in [1.54, 1.807) is 0 Å². The van der Waals surface area contributed by atoms with E-state index in [2.05, 4.69) is 20.4 Å². The highest BCUT2D eigenvalue weighted by Crippen LogP contribution is 2.69. The van der Waals surface area contributed by atoms with Crippen LogP contribution in [0.1, 0.15) is 79.1 Å². The minimum Gasteiger partial charge on any atom is -0.432 e. The molecule has 6 fully saturated rings. The molecule has 11 N–H and O–H groups in total. The largest absolute Gasteiger partial charge is 0.432 e. The number of aliphatic hydroxyl groups is 11. The number of aliphatic hydroxyl groups excluding tert-OH is 11. The molecule has 3 aliphatic carbocycles. The summed E-state index contributed by atoms with van der Waals surface area (Å²) in [7, 11) is 0. The van der Waals surface area contributed by atoms with Gasteiger partial charge in [-0.2, -0.15) is 0 Å². The summed E-state index contributed by atoms with van der Waals surface area (Å²) in [4.78, 5) is 14.1. The van der Waals surface area contributed by atoms with Crippen LogP contribution >= 0.6 is 0 Å². The monoisotopic (exact) mass is 820 g/mol. The van der Waals surface area contributed by atoms with Gasteiger partial charge < -0.3 is 84.6 Å². The molecular weight excluding hydrogens is 756 g/mol. The van der Waals surface area contributed by atoms with Gasteiger partial charge in [0.05, 0.1) is 30.8 Å². The lowest BCUT2D eigenvalue weighted by molar-refractivity contribution is -0.380. The summed E-state index contributed by atoms with van der Waals surface area (Å²) < 4.78 is 35.6. The van der Waals surface area contributed by atoms with Gasteiger partial charge in [-0.25, -0.2) is 0 Å². The van der Waals surface area contributed by atoms with Crippen molar-refractivity contribution in [3.8, 4) is 0 Å². The molecule has 6 aliphatic rings. The molecule has 3 saturated heterocycles. The van der Waals surface area contributed by atoms with Gasteiger partial charge >= 0.3 is 5.97 Å². The molecular formula is C39H64O18. The van der Waals surface area contributed by atoms with Gasteiger partial charge in [0.25, 0.3) is 0 Å². The highest BCUT2D eigenvalue weighted by Gasteiger charge is 2.65. The summed E-state index contributed by atoms with van der Waals surface area (Å²) in [6.07, 6.45) is -19.0. The van der Waals surface area contributed by atoms with Gasteiger partial charge in [-0.05, 0) is 87.0 Å². The van der Waals surface area contributed by atoms with E-state index in [4.69, 9.17) is 28.4 Å². The molecule has 15 unspecified atom stereocenters. The normalized spacial score (nSPS) is 53.0. The Morgan fingerprint density at radius 2 is 1.16 bits per heavy atom. The predicted molar refractivity (Wildman–Crippen MR) is 193 cm³/mol. The number of carbonyl (C=O) groups excluding carboxylic acids is 1. The van der Waals surface area contributed by atoms with Crippen LogP contribution in [-0.4, -0.2) is 180 Å². The van der Waals surface area contributed by atoms with Crippen LogP contribution in [0.4, 0.5) is 0 Å². The van der Waals surface area contributed by atoms with Crippen LogP contribution < -0.4 is 0 Å². The van der Waals surface area contributed by atoms with Crippen molar-refractivity contribution in [3.63, 3.8) is 0 Å². The standard InChI is InChI=1S/C39H64O18/c1-17(2)39(57-34-31(28(48)25(45)20(15-42)54-34)55-32-29(49)26(46)23(43)18(13-40)52-32)12-8-21-36(3,16-39)11-7-22-37(21,4)9-6-10-38(22,5)35(51)56-33-30(50)27(47)24(44)19(14-41)53-33/h18-34,40-50H,1,6-16H2,2-5H3/t18?,19?,20?,21-,22+,23?,24?,25?,26?,27?,28?,29?,30?,31?,32?,33?,34?,36+,37+,38-,39+/m1/s1. The SMILES string of the molecule is C=C(C)[C@]1(OC2OC(CO)C(O)C(O)C2OC2OC(CO)C(O)C(O)C2O)CC[C@@H]2[C@@](C)(CC[C@H]3[C@@]2(C)CCC[C@@]3(C)C(=O)OC2OC(CO)C(O)C(O)C2O)C1. The minimum atomic E-state index is -1.82. The fourth-order valence-corrected chi connectivity index (χ4v) is 11.5. The second-order valence-corrected chi connectivity index (χ2v) is 18.3. The van der Waals surface area contributed by atoms with Gasteiger partial charge in [0.2, 0.25) is 6.29 Å². The van der Waals surface area contributed by atoms with E-state index in [9.17, 15) is 61.0 Å². The first-order valence-corrected chi connectivity index (χ1v) is 20.2. The summed E-state index contributed by atoms with van der Waals surface area (Å²) >= 11 is 0. The number of hydrogen-bond donors (Lipinski definition) is 11. The molecule has 0 amide bonds. The summed E-state index contributed by atoms with van der Waals surface area (Å²) in [5.41, 5.74) is -2.19. The maximum Gasteiger partial charge on any atom is 0.314 e. The highest BCUT2D eigenvalue weighted by molar-refractivity contribution is 5.77. The van der Waals surface area contributed by atoms with Crippen molar-refractivity contribution < 1.29 is 89.4 Å². The first kappa shape index (κ1) is 45.1. The van der Waals surface area contributed by atoms with Gasteiger partial charge in [-0.3, -0.25) is 4.79 Å². The van der Waals surface area contributed by atoms with E-state index < -0.39 is 134 Å². The van der Waals surface area contributed by atoms with Crippen molar-refractivity contribution in [1.82, 2.24) is 0 Å². The molecule has 6 rings (SSSR count). The maximum atomic E-state index is 14.1. The number of carbonyl (C=O) groups is 1. The number of rotatable bonds is 10. The minimum absolute atomic E-state index is 0.0746. The Kier molecular flexibility index (Phi) is 13.3. The topological polar surface area (TPSA) is 295 Å². The average Bonchev–Trinajstić information content (AvgIpc) is 3.17. The third kappa shape index (κ3) is 7.74. The molecule has 3 heterocycles. The van der Waals surface area contributed by atoms with Crippen LogP contribution in [0.2, 0.25) is 0 Å². The smallest absolute Gasteiger partial charge is 0.314 e. The Morgan fingerprint density at radius 1 is 0.649 bits per heavy atom. The highest BCUT2D eigenvalue weighted by atomic mass is 16.8. The zero-order valence-corrected chi connectivity index (χ0v) is 33.1. The molecule has 0 bridgehead atoms. The van der Waals surface area contributed by atoms with Crippen LogP contribution in [0.5, 0.6) is 0 Å². The first-order chi connectivity index (χ1) is 26.7. The molecule has 0 aromatic rings. The summed E-state index contributed by atoms with van der Waals surface area (Å²) in [6.45, 7) is 10.3. The summed E-state index contributed by atoms with van der Waals surface area (Å²) in [5.74, 6) is -0.668. The zero-order chi connectivity index (χ0) is 42.0. The van der Waals surface area contributed by atoms with E-state index in [1.165, 1.54) is 0 Å². The third-order valence-electron chi connectivity index (χ3n) is 14.8. The average molecular weight is 821 g/mol. The molecule has 3 saturated carbocycles. The number of fused-ring (bicyclic) bond motifs is 3. The molecule has 0 radical (unpaired) electrons. The fourth-order valence-electron chi connectivity index (χ4n) is 11.5. The molecule has 21 atom stereocenters. The lowest BCUT2D eigenvalue weighted by Crippen LogP contribution is -2.66. The Bertz CT molecular complexity index is 1430. The second kappa shape index (κ2) is 16.8. The van der Waals surface area contributed by atoms with Crippen LogP contribution in [0.3, 0.4) is 0 Å². The van der Waals surface area contributed by atoms with Crippen molar-refractivity contribution >= 4 is 5.97 Å². The molecule has 0 aromatic heterocycles. The van der Waals surface area contributed by atoms with Gasteiger partial charge in [0.1, 0.15) is 73.2 Å². The van der Waals surface area contributed by atoms with E-state index in [1.807, 2.05) is 13.8 Å². The van der Waals surface area contributed by atoms with Crippen molar-refractivity contribution in [1.29, 1.82) is 0 Å². The quantitative estimate of drug-likeness (QED) is 0.0628. The number of ether oxygens (including phenoxy) is 6. The van der Waals surface area contributed by atoms with Crippen LogP contribution in [0.25, 0.3) is 0 Å². The summed E-state index contributed by atoms with van der Waals surface area (Å²) in [6, 6.07) is 0. The lowest BCUT2D eigenvalue weighted by atomic mass is 9.40. The zero-order valence-electron chi connectivity index (χ0n) is 33.1. The Balaban J connectivity index is 1.23. The Hall–Kier alpha value is -1.43. The van der Waals surface area contributed by atoms with Crippen LogP contribution in [0.15, 0.2) is 12.2 Å². The fraction of sp³-hybridized carbons (Fsp3) is 0.923. The van der Waals surface area contributed by atoms with E-state index in [0.717, 1.165) is 6.42 Å². The van der Waals surface area contributed by atoms with E-state index in [0.29, 0.717) is 50.5 Å². The predicted octanol–water partition coefficient (Wildman–Crippen LogP) is -2.30. The molecule has 18 heteroatoms. The van der Waals surface area contributed by atoms with Crippen LogP contribution in [0, 0.1) is 28.1 Å². The van der Waals surface area contributed by atoms with Crippen molar-refractivity contribution in [3.05, 3.63) is 12.2 Å². The molecule has 57 heavy (non-hydrogen) atoms. The van der Waals surface area contributed by atoms with Gasteiger partial charge in [0.15, 0.2) is 12.6 Å². The van der Waals surface area contributed by atoms with Crippen LogP contribution in [-0.2, 0) is 33.2 Å². The molecule has 0 aromatic carbocycles. The van der Waals surface area contributed by atoms with Gasteiger partial charge in [0, 0.05) is 0 Å². The van der Waals surface area contributed by atoms with Crippen molar-refractivity contribution in [2.75, 3.05) is 19.8 Å². The van der Waals surface area contributed by atoms with E-state index in [-0.39, 0.29) is 17.3 Å². The van der Waals surface area contributed by atoms with Gasteiger partial charge in [-0.15, -0.1) is 0 Å². The van der Waals surface area contributed by atoms with Crippen molar-refractivity contribution in [2.45, 2.75) is 177 Å². The number of hydrogen-bond acceptors (Lipinski definition) is 18. The first-order valence-electron chi connectivity index (χ1n) is 20.2. The molecule has 0 spiro atoms.